The number of carbonyl (C=O) groups is 1. The van der Waals surface area contributed by atoms with Gasteiger partial charge in [-0.05, 0) is 65.8 Å². The molecule has 1 aliphatic rings. The van der Waals surface area contributed by atoms with E-state index < -0.39 is 46.0 Å². The van der Waals surface area contributed by atoms with Gasteiger partial charge in [0.2, 0.25) is 0 Å². The predicted molar refractivity (Wildman–Crippen MR) is 151 cm³/mol. The van der Waals surface area contributed by atoms with Crippen LogP contribution in [0.25, 0.3) is 11.1 Å². The van der Waals surface area contributed by atoms with Gasteiger partial charge in [-0.15, -0.1) is 0 Å². The monoisotopic (exact) mass is 585 g/mol. The van der Waals surface area contributed by atoms with Crippen molar-refractivity contribution < 1.29 is 31.8 Å². The Balaban J connectivity index is 1.66. The average Bonchev–Trinajstić information content (AvgIpc) is 2.96. The molecule has 0 bridgehead atoms. The van der Waals surface area contributed by atoms with Crippen molar-refractivity contribution in [1.82, 2.24) is 0 Å². The van der Waals surface area contributed by atoms with Gasteiger partial charge in [-0.3, -0.25) is 13.7 Å². The molecular weight excluding hydrogens is 555 g/mol. The molecule has 1 aliphatic carbocycles. The van der Waals surface area contributed by atoms with Gasteiger partial charge in [0, 0.05) is 19.2 Å². The van der Waals surface area contributed by atoms with Crippen molar-refractivity contribution in [1.29, 1.82) is 5.26 Å². The van der Waals surface area contributed by atoms with E-state index in [-0.39, 0.29) is 12.1 Å². The topological polar surface area (TPSA) is 114 Å². The van der Waals surface area contributed by atoms with Crippen molar-refractivity contribution in [2.24, 2.45) is 5.92 Å². The number of aliphatic hydroxyl groups is 1. The van der Waals surface area contributed by atoms with Crippen LogP contribution in [0.2, 0.25) is 0 Å². The van der Waals surface area contributed by atoms with E-state index in [4.69, 9.17) is 5.26 Å². The van der Waals surface area contributed by atoms with Crippen LogP contribution in [0.15, 0.2) is 66.7 Å². The summed E-state index contributed by atoms with van der Waals surface area (Å²) in [6, 6.07) is 18.7. The van der Waals surface area contributed by atoms with Crippen molar-refractivity contribution in [2.75, 3.05) is 16.7 Å². The van der Waals surface area contributed by atoms with Crippen LogP contribution in [0.5, 0.6) is 0 Å². The van der Waals surface area contributed by atoms with Crippen molar-refractivity contribution in [3.8, 4) is 17.2 Å². The number of amides is 1. The lowest BCUT2D eigenvalue weighted by atomic mass is 9.73. The number of benzene rings is 3. The number of halogens is 3. The van der Waals surface area contributed by atoms with E-state index in [0.29, 0.717) is 30.2 Å². The van der Waals surface area contributed by atoms with Crippen molar-refractivity contribution in [2.45, 2.75) is 50.3 Å². The van der Waals surface area contributed by atoms with Crippen LogP contribution in [0.4, 0.5) is 24.5 Å². The second-order valence-electron chi connectivity index (χ2n) is 10.2. The van der Waals surface area contributed by atoms with Crippen LogP contribution in [-0.4, -0.2) is 32.4 Å². The molecule has 4 rings (SSSR count). The number of hydrogen-bond acceptors (Lipinski definition) is 4. The molecule has 0 heterocycles. The van der Waals surface area contributed by atoms with E-state index in [9.17, 15) is 31.8 Å². The maximum Gasteiger partial charge on any atom is 0.417 e. The molecule has 0 spiro atoms. The Morgan fingerprint density at radius 3 is 2.34 bits per heavy atom. The summed E-state index contributed by atoms with van der Waals surface area (Å²) in [5.74, 6) is -1.21. The molecule has 1 amide bonds. The maximum atomic E-state index is 13.6. The normalized spacial score (nSPS) is 16.3. The molecule has 3 aromatic rings. The third-order valence-corrected chi connectivity index (χ3v) is 8.23. The number of carbonyl (C=O) groups excluding carboxylic acids is 1. The Bertz CT molecular complexity index is 1480. The Morgan fingerprint density at radius 2 is 1.71 bits per heavy atom. The van der Waals surface area contributed by atoms with E-state index in [1.807, 2.05) is 18.2 Å². The number of nitrogens with zero attached hydrogens (tertiary/aromatic N) is 2. The third-order valence-electron chi connectivity index (χ3n) is 7.56. The predicted octanol–water partition coefficient (Wildman–Crippen LogP) is 6.31. The summed E-state index contributed by atoms with van der Waals surface area (Å²) in [5, 5.41) is 23.5. The zero-order valence-electron chi connectivity index (χ0n) is 22.3. The molecule has 2 atom stereocenters. The van der Waals surface area contributed by atoms with Gasteiger partial charge in [0.25, 0.3) is 17.2 Å². The number of rotatable bonds is 8. The van der Waals surface area contributed by atoms with Gasteiger partial charge in [-0.1, -0.05) is 55.7 Å². The van der Waals surface area contributed by atoms with Crippen LogP contribution < -0.4 is 9.62 Å². The van der Waals surface area contributed by atoms with E-state index in [1.165, 1.54) is 23.5 Å². The molecule has 0 radical (unpaired) electrons. The summed E-state index contributed by atoms with van der Waals surface area (Å²) in [6.07, 6.45) is -1.05. The Morgan fingerprint density at radius 1 is 1.05 bits per heavy atom. The molecule has 0 aromatic heterocycles. The number of alkyl halides is 3. The van der Waals surface area contributed by atoms with Gasteiger partial charge in [-0.2, -0.15) is 18.4 Å². The smallest absolute Gasteiger partial charge is 0.379 e. The van der Waals surface area contributed by atoms with Gasteiger partial charge in [0.15, 0.2) is 0 Å². The van der Waals surface area contributed by atoms with Gasteiger partial charge in [0.1, 0.15) is 5.60 Å². The first-order valence-electron chi connectivity index (χ1n) is 13.1. The van der Waals surface area contributed by atoms with E-state index >= 15 is 0 Å². The fourth-order valence-electron chi connectivity index (χ4n) is 5.33. The number of hydrogen-bond donors (Lipinski definition) is 3. The van der Waals surface area contributed by atoms with E-state index in [1.54, 1.807) is 30.3 Å². The minimum Gasteiger partial charge on any atom is -0.379 e. The molecule has 7 nitrogen and oxygen atoms in total. The number of nitriles is 1. The first-order chi connectivity index (χ1) is 19.4. The molecule has 0 aliphatic heterocycles. The van der Waals surface area contributed by atoms with Crippen LogP contribution in [0.1, 0.15) is 48.8 Å². The summed E-state index contributed by atoms with van der Waals surface area (Å²) in [4.78, 5) is 13.6. The molecule has 3 aromatic carbocycles. The van der Waals surface area contributed by atoms with Gasteiger partial charge < -0.3 is 10.4 Å². The van der Waals surface area contributed by atoms with Crippen LogP contribution >= 0.6 is 0 Å². The van der Waals surface area contributed by atoms with Crippen molar-refractivity contribution in [3.63, 3.8) is 0 Å². The third kappa shape index (κ3) is 6.96. The molecule has 11 heteroatoms. The van der Waals surface area contributed by atoms with E-state index in [2.05, 4.69) is 5.32 Å². The molecule has 216 valence electrons. The Kier molecular flexibility index (Phi) is 9.17. The zero-order valence-corrected chi connectivity index (χ0v) is 23.1. The molecular formula is C30H30F3N3O4S. The summed E-state index contributed by atoms with van der Waals surface area (Å²) in [6.45, 7) is 0. The lowest BCUT2D eigenvalue weighted by Crippen LogP contribution is -2.51. The van der Waals surface area contributed by atoms with Crippen molar-refractivity contribution in [3.05, 3.63) is 83.4 Å². The second-order valence-corrected chi connectivity index (χ2v) is 11.2. The van der Waals surface area contributed by atoms with Crippen LogP contribution in [0, 0.1) is 17.2 Å². The highest BCUT2D eigenvalue weighted by atomic mass is 32.2. The highest BCUT2D eigenvalue weighted by molar-refractivity contribution is 7.80. The van der Waals surface area contributed by atoms with Gasteiger partial charge in [0.05, 0.1) is 22.9 Å². The summed E-state index contributed by atoms with van der Waals surface area (Å²) >= 11 is -2.20. The first kappa shape index (κ1) is 30.2. The lowest BCUT2D eigenvalue weighted by Gasteiger charge is -2.37. The molecule has 3 N–H and O–H groups in total. The summed E-state index contributed by atoms with van der Waals surface area (Å²) in [5.41, 5.74) is -1.11. The van der Waals surface area contributed by atoms with Crippen LogP contribution in [0.3, 0.4) is 0 Å². The first-order valence-corrected chi connectivity index (χ1v) is 14.2. The standard InChI is InChI=1S/C30H30F3N3O4S/c1-36(41(39)40)26-12-6-9-22(16-26)21-8-5-7-20(15-21)18-29(38,24-10-3-2-4-11-24)28(37)35-25-14-13-23(19-34)27(17-25)30(31,32)33/h5-9,12-17,24,38H,2-4,10-11,18H2,1H3,(H,35,37)(H,39,40). The van der Waals surface area contributed by atoms with E-state index in [0.717, 1.165) is 36.5 Å². The van der Waals surface area contributed by atoms with Gasteiger partial charge in [-0.25, -0.2) is 4.21 Å². The highest BCUT2D eigenvalue weighted by Gasteiger charge is 2.44. The molecule has 1 fully saturated rings. The SMILES string of the molecule is CN(c1cccc(-c2cccc(CC(O)(C(=O)Nc3ccc(C#N)c(C(F)(F)F)c3)C3CCCCC3)c2)c1)S(=O)O. The zero-order chi connectivity index (χ0) is 29.8. The lowest BCUT2D eigenvalue weighted by molar-refractivity contribution is -0.142. The highest BCUT2D eigenvalue weighted by Crippen LogP contribution is 2.38. The number of nitrogens with one attached hydrogen (secondary N) is 1. The summed E-state index contributed by atoms with van der Waals surface area (Å²) < 4.78 is 62.7. The Hall–Kier alpha value is -3.72. The number of anilines is 2. The quantitative estimate of drug-likeness (QED) is 0.268. The molecule has 0 saturated heterocycles. The van der Waals surface area contributed by atoms with Crippen molar-refractivity contribution >= 4 is 28.5 Å². The van der Waals surface area contributed by atoms with Crippen LogP contribution in [-0.2, 0) is 28.7 Å². The second kappa shape index (κ2) is 12.4. The maximum absolute atomic E-state index is 13.6. The average molecular weight is 586 g/mol. The molecule has 41 heavy (non-hydrogen) atoms. The fourth-order valence-corrected chi connectivity index (χ4v) is 5.62. The van der Waals surface area contributed by atoms with Gasteiger partial charge >= 0.3 is 6.18 Å². The Labute approximate surface area is 239 Å². The summed E-state index contributed by atoms with van der Waals surface area (Å²) in [7, 11) is 1.49. The molecule has 2 unspecified atom stereocenters. The molecule has 1 saturated carbocycles. The minimum atomic E-state index is -4.79. The minimum absolute atomic E-state index is 0.0694. The fraction of sp³-hybridized carbons (Fsp3) is 0.333. The largest absolute Gasteiger partial charge is 0.417 e.